The Hall–Kier alpha value is -0.370. The van der Waals surface area contributed by atoms with Gasteiger partial charge in [0.1, 0.15) is 0 Å². The minimum atomic E-state index is 0. The molecular weight excluding hydrogens is 359 g/mol. The summed E-state index contributed by atoms with van der Waals surface area (Å²) >= 11 is 1.70. The Morgan fingerprint density at radius 2 is 2.33 bits per heavy atom. The van der Waals surface area contributed by atoms with Crippen LogP contribution >= 0.6 is 35.3 Å². The van der Waals surface area contributed by atoms with E-state index in [1.165, 1.54) is 19.3 Å². The monoisotopic (exact) mass is 380 g/mol. The maximum atomic E-state index is 4.47. The molecule has 0 aliphatic heterocycles. The minimum absolute atomic E-state index is 0. The Kier molecular flexibility index (Phi) is 6.34. The van der Waals surface area contributed by atoms with Crippen molar-refractivity contribution in [2.45, 2.75) is 38.8 Å². The summed E-state index contributed by atoms with van der Waals surface area (Å²) in [5, 5.41) is 6.72. The molecule has 0 radical (unpaired) electrons. The third-order valence-corrected chi connectivity index (χ3v) is 3.90. The molecule has 1 fully saturated rings. The summed E-state index contributed by atoms with van der Waals surface area (Å²) in [6, 6.07) is 0.619. The van der Waals surface area contributed by atoms with E-state index in [0.29, 0.717) is 6.04 Å². The molecule has 4 nitrogen and oxygen atoms in total. The summed E-state index contributed by atoms with van der Waals surface area (Å²) in [5.41, 5.74) is 1.12. The zero-order chi connectivity index (χ0) is 12.3. The van der Waals surface area contributed by atoms with Crippen LogP contribution in [0, 0.1) is 6.92 Å². The summed E-state index contributed by atoms with van der Waals surface area (Å²) in [7, 11) is 3.90. The lowest BCUT2D eigenvalue weighted by molar-refractivity contribution is 0.359. The molecule has 6 heteroatoms. The van der Waals surface area contributed by atoms with Crippen molar-refractivity contribution in [1.82, 2.24) is 15.2 Å². The van der Waals surface area contributed by atoms with Crippen LogP contribution in [0.25, 0.3) is 0 Å². The van der Waals surface area contributed by atoms with Crippen molar-refractivity contribution in [1.29, 1.82) is 0 Å². The molecule has 2 rings (SSSR count). The second-order valence-corrected chi connectivity index (χ2v) is 5.60. The highest BCUT2D eigenvalue weighted by Crippen LogP contribution is 2.18. The molecule has 1 heterocycles. The van der Waals surface area contributed by atoms with Crippen LogP contribution in [0.2, 0.25) is 0 Å². The molecular formula is C12H21IN4S. The molecule has 0 bridgehead atoms. The van der Waals surface area contributed by atoms with Gasteiger partial charge in [0.15, 0.2) is 5.96 Å². The number of thiazole rings is 1. The van der Waals surface area contributed by atoms with E-state index in [9.17, 15) is 0 Å². The van der Waals surface area contributed by atoms with Crippen molar-refractivity contribution in [3.05, 3.63) is 16.1 Å². The average molecular weight is 380 g/mol. The fourth-order valence-corrected chi connectivity index (χ4v) is 2.48. The van der Waals surface area contributed by atoms with Gasteiger partial charge >= 0.3 is 0 Å². The maximum Gasteiger partial charge on any atom is 0.193 e. The van der Waals surface area contributed by atoms with Gasteiger partial charge in [0.2, 0.25) is 0 Å². The Morgan fingerprint density at radius 1 is 1.61 bits per heavy atom. The van der Waals surface area contributed by atoms with Crippen LogP contribution in [0.3, 0.4) is 0 Å². The maximum absolute atomic E-state index is 4.47. The number of nitrogens with zero attached hydrogens (tertiary/aromatic N) is 3. The van der Waals surface area contributed by atoms with Crippen LogP contribution in [-0.4, -0.2) is 36.0 Å². The van der Waals surface area contributed by atoms with Gasteiger partial charge in [0.05, 0.1) is 17.2 Å². The molecule has 1 saturated carbocycles. The molecule has 1 aromatic rings. The third kappa shape index (κ3) is 4.08. The number of guanidine groups is 1. The predicted octanol–water partition coefficient (Wildman–Crippen LogP) is 2.63. The topological polar surface area (TPSA) is 40.5 Å². The second-order valence-electron chi connectivity index (χ2n) is 4.53. The first-order valence-electron chi connectivity index (χ1n) is 6.04. The summed E-state index contributed by atoms with van der Waals surface area (Å²) < 4.78 is 0. The van der Waals surface area contributed by atoms with E-state index in [4.69, 9.17) is 0 Å². The van der Waals surface area contributed by atoms with Gasteiger partial charge in [0, 0.05) is 25.5 Å². The molecule has 1 N–H and O–H groups in total. The Balaban J connectivity index is 0.00000162. The van der Waals surface area contributed by atoms with Gasteiger partial charge in [0.25, 0.3) is 0 Å². The molecule has 1 aliphatic rings. The van der Waals surface area contributed by atoms with E-state index >= 15 is 0 Å². The Bertz CT molecular complexity index is 401. The lowest BCUT2D eigenvalue weighted by Crippen LogP contribution is -2.46. The zero-order valence-corrected chi connectivity index (χ0v) is 14.3. The fourth-order valence-electron chi connectivity index (χ4n) is 1.88. The second kappa shape index (κ2) is 7.28. The molecule has 0 spiro atoms. The molecule has 0 saturated heterocycles. The minimum Gasteiger partial charge on any atom is -0.354 e. The lowest BCUT2D eigenvalue weighted by atomic mass is 9.93. The molecule has 0 aromatic carbocycles. The van der Waals surface area contributed by atoms with E-state index in [0.717, 1.165) is 23.2 Å². The molecule has 1 aromatic heterocycles. The number of aryl methyl sites for hydroxylation is 1. The highest BCUT2D eigenvalue weighted by atomic mass is 127. The van der Waals surface area contributed by atoms with Crippen LogP contribution in [0.15, 0.2) is 10.4 Å². The highest BCUT2D eigenvalue weighted by molar-refractivity contribution is 14.0. The Morgan fingerprint density at radius 3 is 2.78 bits per heavy atom. The van der Waals surface area contributed by atoms with Crippen molar-refractivity contribution in [3.8, 4) is 0 Å². The number of aliphatic imine (C=N–C) groups is 1. The van der Waals surface area contributed by atoms with Crippen molar-refractivity contribution in [2.24, 2.45) is 4.99 Å². The van der Waals surface area contributed by atoms with E-state index in [1.54, 1.807) is 11.3 Å². The van der Waals surface area contributed by atoms with Gasteiger partial charge in [-0.3, -0.25) is 4.99 Å². The normalized spacial score (nSPS) is 15.8. The van der Waals surface area contributed by atoms with Crippen molar-refractivity contribution >= 4 is 41.3 Å². The number of nitrogens with one attached hydrogen (secondary N) is 1. The van der Waals surface area contributed by atoms with Gasteiger partial charge in [-0.1, -0.05) is 0 Å². The summed E-state index contributed by atoms with van der Waals surface area (Å²) in [5.74, 6) is 0.973. The Labute approximate surface area is 130 Å². The largest absolute Gasteiger partial charge is 0.354 e. The van der Waals surface area contributed by atoms with Gasteiger partial charge in [-0.15, -0.1) is 35.3 Å². The van der Waals surface area contributed by atoms with E-state index in [1.807, 2.05) is 14.0 Å². The summed E-state index contributed by atoms with van der Waals surface area (Å²) in [6.07, 6.45) is 3.87. The summed E-state index contributed by atoms with van der Waals surface area (Å²) in [4.78, 5) is 10.9. The average Bonchev–Trinajstić information content (AvgIpc) is 2.62. The van der Waals surface area contributed by atoms with Crippen molar-refractivity contribution in [2.75, 3.05) is 14.1 Å². The van der Waals surface area contributed by atoms with E-state index in [-0.39, 0.29) is 24.0 Å². The summed E-state index contributed by atoms with van der Waals surface area (Å²) in [6.45, 7) is 2.85. The first-order valence-corrected chi connectivity index (χ1v) is 6.92. The van der Waals surface area contributed by atoms with E-state index < -0.39 is 0 Å². The van der Waals surface area contributed by atoms with Crippen LogP contribution in [0.4, 0.5) is 0 Å². The first-order chi connectivity index (χ1) is 8.19. The standard InChI is InChI=1S/C12H20N4S.HI/c1-9-14-11(8-17-9)7-16(3)12(13-2)15-10-5-4-6-10;/h8,10H,4-7H2,1-3H3,(H,13,15);1H. The number of rotatable bonds is 3. The smallest absolute Gasteiger partial charge is 0.193 e. The molecule has 0 unspecified atom stereocenters. The number of halogens is 1. The van der Waals surface area contributed by atoms with Gasteiger partial charge in [-0.2, -0.15) is 0 Å². The van der Waals surface area contributed by atoms with Gasteiger partial charge in [-0.05, 0) is 26.2 Å². The van der Waals surface area contributed by atoms with Crippen LogP contribution in [0.5, 0.6) is 0 Å². The SMILES string of the molecule is CN=C(NC1CCC1)N(C)Cc1csc(C)n1.I. The number of aromatic nitrogens is 1. The van der Waals surface area contributed by atoms with Gasteiger partial charge < -0.3 is 10.2 Å². The quantitative estimate of drug-likeness (QED) is 0.498. The zero-order valence-electron chi connectivity index (χ0n) is 11.1. The lowest BCUT2D eigenvalue weighted by Gasteiger charge is -2.31. The highest BCUT2D eigenvalue weighted by Gasteiger charge is 2.20. The predicted molar refractivity (Wildman–Crippen MR) is 87.9 cm³/mol. The van der Waals surface area contributed by atoms with E-state index in [2.05, 4.69) is 32.6 Å². The number of hydrogen-bond donors (Lipinski definition) is 1. The fraction of sp³-hybridized carbons (Fsp3) is 0.667. The first kappa shape index (κ1) is 15.7. The number of hydrogen-bond acceptors (Lipinski definition) is 3. The van der Waals surface area contributed by atoms with Gasteiger partial charge in [-0.25, -0.2) is 4.98 Å². The van der Waals surface area contributed by atoms with Crippen molar-refractivity contribution < 1.29 is 0 Å². The molecule has 1 aliphatic carbocycles. The van der Waals surface area contributed by atoms with Crippen LogP contribution in [0.1, 0.15) is 30.0 Å². The molecule has 0 amide bonds. The van der Waals surface area contributed by atoms with Crippen LogP contribution < -0.4 is 5.32 Å². The molecule has 102 valence electrons. The molecule has 18 heavy (non-hydrogen) atoms. The molecule has 0 atom stereocenters. The van der Waals surface area contributed by atoms with Crippen molar-refractivity contribution in [3.63, 3.8) is 0 Å². The van der Waals surface area contributed by atoms with Crippen LogP contribution in [-0.2, 0) is 6.54 Å². The third-order valence-electron chi connectivity index (χ3n) is 3.08.